The van der Waals surface area contributed by atoms with Crippen LogP contribution in [0.1, 0.15) is 40.0 Å². The van der Waals surface area contributed by atoms with Crippen molar-refractivity contribution < 1.29 is 27.4 Å². The first-order valence-corrected chi connectivity index (χ1v) is 12.2. The molecule has 1 fully saturated rings. The van der Waals surface area contributed by atoms with E-state index >= 15 is 0 Å². The van der Waals surface area contributed by atoms with Crippen LogP contribution in [0.25, 0.3) is 0 Å². The van der Waals surface area contributed by atoms with Crippen molar-refractivity contribution in [2.24, 2.45) is 0 Å². The van der Waals surface area contributed by atoms with Crippen molar-refractivity contribution in [3.8, 4) is 11.5 Å². The fourth-order valence-electron chi connectivity index (χ4n) is 5.19. The lowest BCUT2D eigenvalue weighted by atomic mass is 9.96. The highest BCUT2D eigenvalue weighted by Gasteiger charge is 2.47. The number of carbonyl (C=O) groups excluding carboxylic acids is 1. The van der Waals surface area contributed by atoms with E-state index in [1.807, 2.05) is 18.2 Å². The lowest BCUT2D eigenvalue weighted by Crippen LogP contribution is -2.48. The van der Waals surface area contributed by atoms with E-state index in [1.165, 1.54) is 11.8 Å². The van der Waals surface area contributed by atoms with Crippen molar-refractivity contribution in [3.63, 3.8) is 0 Å². The first-order valence-electron chi connectivity index (χ1n) is 12.2. The molecule has 3 aliphatic rings. The monoisotopic (exact) mass is 513 g/mol. The number of halogens is 3. The Kier molecular flexibility index (Phi) is 5.94. The maximum Gasteiger partial charge on any atom is 0.410 e. The summed E-state index contributed by atoms with van der Waals surface area (Å²) in [6.07, 6.45) is -3.54. The molecule has 2 aromatic carbocycles. The average molecular weight is 514 g/mol. The van der Waals surface area contributed by atoms with Crippen molar-refractivity contribution in [1.82, 2.24) is 19.6 Å². The Balaban J connectivity index is 1.21. The number of hydrogen-bond donors (Lipinski definition) is 1. The molecule has 0 aliphatic carbocycles. The van der Waals surface area contributed by atoms with E-state index in [0.717, 1.165) is 11.2 Å². The highest BCUT2D eigenvalue weighted by Crippen LogP contribution is 2.46. The first-order chi connectivity index (χ1) is 17.9. The minimum atomic E-state index is -4.53. The quantitative estimate of drug-likeness (QED) is 0.563. The Morgan fingerprint density at radius 2 is 1.78 bits per heavy atom. The predicted molar refractivity (Wildman–Crippen MR) is 128 cm³/mol. The second-order valence-electron chi connectivity index (χ2n) is 9.51. The maximum absolute atomic E-state index is 14.1. The number of piperazine rings is 1. The summed E-state index contributed by atoms with van der Waals surface area (Å²) in [6.45, 7) is 3.21. The second kappa shape index (κ2) is 9.29. The zero-order chi connectivity index (χ0) is 25.6. The molecule has 0 spiro atoms. The van der Waals surface area contributed by atoms with Gasteiger partial charge in [-0.1, -0.05) is 36.4 Å². The lowest BCUT2D eigenvalue weighted by molar-refractivity contribution is -0.173. The highest BCUT2D eigenvalue weighted by molar-refractivity contribution is 5.99. The summed E-state index contributed by atoms with van der Waals surface area (Å²) in [7, 11) is 0. The van der Waals surface area contributed by atoms with Crippen LogP contribution in [-0.4, -0.2) is 64.6 Å². The third kappa shape index (κ3) is 4.59. The number of hydrogen-bond acceptors (Lipinski definition) is 6. The van der Waals surface area contributed by atoms with E-state index in [1.54, 1.807) is 23.1 Å². The maximum atomic E-state index is 14.1. The van der Waals surface area contributed by atoms with Crippen molar-refractivity contribution in [3.05, 3.63) is 71.4 Å². The fourth-order valence-corrected chi connectivity index (χ4v) is 5.19. The van der Waals surface area contributed by atoms with Gasteiger partial charge in [0.2, 0.25) is 6.79 Å². The zero-order valence-electron chi connectivity index (χ0n) is 19.9. The molecular weight excluding hydrogens is 487 g/mol. The number of anilines is 1. The van der Waals surface area contributed by atoms with Gasteiger partial charge in [-0.05, 0) is 23.3 Å². The van der Waals surface area contributed by atoms with Crippen LogP contribution in [0, 0.1) is 0 Å². The van der Waals surface area contributed by atoms with Crippen LogP contribution in [0.2, 0.25) is 0 Å². The molecule has 0 radical (unpaired) electrons. The first kappa shape index (κ1) is 23.7. The SMILES string of the molecule is O=C(c1cnn2c1N[C@@H](c1ccc3c(c1)OCO3)C[C@H]2C(F)(F)F)N1CCN(Cc2ccccc2)CC1. The molecule has 3 aliphatic heterocycles. The molecule has 2 atom stereocenters. The van der Waals surface area contributed by atoms with Crippen molar-refractivity contribution in [1.29, 1.82) is 0 Å². The van der Waals surface area contributed by atoms with Crippen molar-refractivity contribution in [2.45, 2.75) is 31.2 Å². The lowest BCUT2D eigenvalue weighted by Gasteiger charge is -2.36. The number of alkyl halides is 3. The van der Waals surface area contributed by atoms with Crippen LogP contribution in [0.5, 0.6) is 11.5 Å². The van der Waals surface area contributed by atoms with Gasteiger partial charge in [0.25, 0.3) is 5.91 Å². The Labute approximate surface area is 211 Å². The highest BCUT2D eigenvalue weighted by atomic mass is 19.4. The summed E-state index contributed by atoms with van der Waals surface area (Å²) in [6, 6.07) is 12.7. The van der Waals surface area contributed by atoms with Gasteiger partial charge in [-0.2, -0.15) is 18.3 Å². The van der Waals surface area contributed by atoms with E-state index in [-0.39, 0.29) is 30.5 Å². The van der Waals surface area contributed by atoms with Crippen LogP contribution in [0.3, 0.4) is 0 Å². The number of rotatable bonds is 4. The topological polar surface area (TPSA) is 71.9 Å². The summed E-state index contributed by atoms with van der Waals surface area (Å²) in [4.78, 5) is 17.4. The van der Waals surface area contributed by atoms with Crippen LogP contribution in [0.15, 0.2) is 54.7 Å². The van der Waals surface area contributed by atoms with E-state index in [0.29, 0.717) is 43.2 Å². The number of ether oxygens (including phenoxy) is 2. The molecule has 6 rings (SSSR count). The van der Waals surface area contributed by atoms with Crippen LogP contribution in [0.4, 0.5) is 19.0 Å². The number of amides is 1. The molecule has 3 aromatic rings. The zero-order valence-corrected chi connectivity index (χ0v) is 19.9. The van der Waals surface area contributed by atoms with Gasteiger partial charge in [-0.25, -0.2) is 4.68 Å². The van der Waals surface area contributed by atoms with Gasteiger partial charge in [0.1, 0.15) is 11.4 Å². The minimum absolute atomic E-state index is 0.0755. The van der Waals surface area contributed by atoms with Gasteiger partial charge < -0.3 is 19.7 Å². The molecular formula is C26H26F3N5O3. The molecule has 0 unspecified atom stereocenters. The summed E-state index contributed by atoms with van der Waals surface area (Å²) < 4.78 is 53.9. The fraction of sp³-hybridized carbons (Fsp3) is 0.385. The molecule has 4 heterocycles. The Hall–Kier alpha value is -3.73. The summed E-state index contributed by atoms with van der Waals surface area (Å²) in [5, 5.41) is 7.17. The molecule has 0 bridgehead atoms. The number of carbonyl (C=O) groups is 1. The number of nitrogens with one attached hydrogen (secondary N) is 1. The Morgan fingerprint density at radius 3 is 2.54 bits per heavy atom. The largest absolute Gasteiger partial charge is 0.454 e. The van der Waals surface area contributed by atoms with Crippen LogP contribution in [-0.2, 0) is 6.54 Å². The molecule has 1 amide bonds. The molecule has 194 valence electrons. The molecule has 1 saturated heterocycles. The number of fused-ring (bicyclic) bond motifs is 2. The second-order valence-corrected chi connectivity index (χ2v) is 9.51. The number of aromatic nitrogens is 2. The summed E-state index contributed by atoms with van der Waals surface area (Å²) >= 11 is 0. The Morgan fingerprint density at radius 1 is 1.03 bits per heavy atom. The predicted octanol–water partition coefficient (Wildman–Crippen LogP) is 4.23. The molecule has 37 heavy (non-hydrogen) atoms. The summed E-state index contributed by atoms with van der Waals surface area (Å²) in [5.74, 6) is 0.819. The van der Waals surface area contributed by atoms with Gasteiger partial charge in [0, 0.05) is 39.1 Å². The third-order valence-corrected chi connectivity index (χ3v) is 7.18. The van der Waals surface area contributed by atoms with Crippen LogP contribution >= 0.6 is 0 Å². The van der Waals surface area contributed by atoms with Gasteiger partial charge in [-0.3, -0.25) is 9.69 Å². The van der Waals surface area contributed by atoms with E-state index < -0.39 is 18.3 Å². The van der Waals surface area contributed by atoms with Gasteiger partial charge in [-0.15, -0.1) is 0 Å². The molecule has 1 aromatic heterocycles. The van der Waals surface area contributed by atoms with E-state index in [2.05, 4.69) is 27.4 Å². The van der Waals surface area contributed by atoms with Gasteiger partial charge >= 0.3 is 6.18 Å². The van der Waals surface area contributed by atoms with E-state index in [9.17, 15) is 18.0 Å². The molecule has 1 N–H and O–H groups in total. The summed E-state index contributed by atoms with van der Waals surface area (Å²) in [5.41, 5.74) is 1.97. The number of nitrogens with zero attached hydrogens (tertiary/aromatic N) is 4. The average Bonchev–Trinajstić information content (AvgIpc) is 3.55. The third-order valence-electron chi connectivity index (χ3n) is 7.18. The van der Waals surface area contributed by atoms with E-state index in [4.69, 9.17) is 9.47 Å². The standard InChI is InChI=1S/C26H26F3N5O3/c27-26(28,29)23-13-20(18-6-7-21-22(12-18)37-16-36-21)31-24-19(14-30-34(23)24)25(35)33-10-8-32(9-11-33)15-17-4-2-1-3-5-17/h1-7,12,14,20,23,31H,8-11,13,15-16H2/t20-,23+/m1/s1. The Bertz CT molecular complexity index is 1290. The minimum Gasteiger partial charge on any atom is -0.454 e. The number of benzene rings is 2. The smallest absolute Gasteiger partial charge is 0.410 e. The van der Waals surface area contributed by atoms with Crippen molar-refractivity contribution in [2.75, 3.05) is 38.3 Å². The van der Waals surface area contributed by atoms with Gasteiger partial charge in [0.15, 0.2) is 17.5 Å². The molecule has 0 saturated carbocycles. The van der Waals surface area contributed by atoms with Crippen molar-refractivity contribution >= 4 is 11.7 Å². The van der Waals surface area contributed by atoms with Crippen LogP contribution < -0.4 is 14.8 Å². The molecule has 8 nitrogen and oxygen atoms in total. The molecule has 11 heteroatoms. The van der Waals surface area contributed by atoms with Gasteiger partial charge in [0.05, 0.1) is 12.2 Å². The normalized spacial score (nSPS) is 21.4.